The first-order chi connectivity index (χ1) is 21.2. The fraction of sp³-hybridized carbons (Fsp3) is 0.267. The molecule has 1 aliphatic rings. The maximum atomic E-state index is 10.6. The number of ether oxygens (including phenoxy) is 1. The molecule has 1 aliphatic heterocycles. The maximum Gasteiger partial charge on any atom is 0.490 e. The number of piperazine rings is 1. The van der Waals surface area contributed by atoms with Crippen molar-refractivity contribution >= 4 is 60.7 Å². The lowest BCUT2D eigenvalue weighted by Crippen LogP contribution is -2.44. The molecule has 0 spiro atoms. The number of pyridine rings is 1. The summed E-state index contributed by atoms with van der Waals surface area (Å²) < 4.78 is 38.8. The number of hydrogen-bond donors (Lipinski definition) is 3. The third-order valence-electron chi connectivity index (χ3n) is 6.80. The van der Waals surface area contributed by atoms with Crippen LogP contribution in [0.3, 0.4) is 0 Å². The molecule has 1 saturated heterocycles. The summed E-state index contributed by atoms with van der Waals surface area (Å²) in [5.74, 6) is -1.38. The summed E-state index contributed by atoms with van der Waals surface area (Å²) in [7, 11) is 0. The molecule has 6 rings (SSSR count). The van der Waals surface area contributed by atoms with Crippen LogP contribution in [-0.4, -0.2) is 69.8 Å². The highest BCUT2D eigenvalue weighted by Gasteiger charge is 2.38. The number of aliphatic carboxylic acids is 1. The highest BCUT2D eigenvalue weighted by atomic mass is 35.5. The Balaban J connectivity index is 0.000000493. The highest BCUT2D eigenvalue weighted by Crippen LogP contribution is 2.38. The Kier molecular flexibility index (Phi) is 10.1. The van der Waals surface area contributed by atoms with Crippen molar-refractivity contribution in [2.24, 2.45) is 0 Å². The van der Waals surface area contributed by atoms with E-state index in [2.05, 4.69) is 48.7 Å². The number of nitrogens with one attached hydrogen (secondary N) is 2. The Bertz CT molecular complexity index is 1730. The van der Waals surface area contributed by atoms with E-state index < -0.39 is 12.1 Å². The van der Waals surface area contributed by atoms with Crippen molar-refractivity contribution in [3.63, 3.8) is 0 Å². The zero-order chi connectivity index (χ0) is 31.1. The second-order valence-electron chi connectivity index (χ2n) is 9.86. The van der Waals surface area contributed by atoms with Crippen LogP contribution in [0.1, 0.15) is 11.3 Å². The summed E-state index contributed by atoms with van der Waals surface area (Å²) in [6, 6.07) is 18.1. The van der Waals surface area contributed by atoms with E-state index in [4.69, 9.17) is 26.2 Å². The highest BCUT2D eigenvalue weighted by molar-refractivity contribution is 7.25. The zero-order valence-corrected chi connectivity index (χ0v) is 24.8. The number of alkyl halides is 3. The molecule has 3 aromatic heterocycles. The molecule has 3 N–H and O–H groups in total. The second kappa shape index (κ2) is 14.2. The number of halogens is 4. The van der Waals surface area contributed by atoms with Crippen molar-refractivity contribution in [3.05, 3.63) is 83.4 Å². The van der Waals surface area contributed by atoms with E-state index >= 15 is 0 Å². The van der Waals surface area contributed by atoms with Crippen molar-refractivity contribution in [3.8, 4) is 5.75 Å². The molecule has 0 unspecified atom stereocenters. The van der Waals surface area contributed by atoms with Crippen LogP contribution in [-0.2, 0) is 17.8 Å². The number of hydrogen-bond acceptors (Lipinski definition) is 9. The van der Waals surface area contributed by atoms with Crippen molar-refractivity contribution in [2.75, 3.05) is 38.0 Å². The number of thiophene rings is 1. The first kappa shape index (κ1) is 31.4. The van der Waals surface area contributed by atoms with Crippen molar-refractivity contribution in [1.82, 2.24) is 25.2 Å². The molecule has 2 aromatic carbocycles. The SMILES string of the molecule is Clc1cc(Nc2ncnc3sc4cc(CCN5CCNCC5)ccc4c23)ccc1OCc1ccccn1.O=C(O)C(F)(F)F. The lowest BCUT2D eigenvalue weighted by atomic mass is 10.1. The lowest BCUT2D eigenvalue weighted by Gasteiger charge is -2.27. The average molecular weight is 645 g/mol. The van der Waals surface area contributed by atoms with Gasteiger partial charge in [0.25, 0.3) is 0 Å². The molecule has 9 nitrogen and oxygen atoms in total. The third kappa shape index (κ3) is 8.11. The van der Waals surface area contributed by atoms with Crippen LogP contribution in [0.4, 0.5) is 24.7 Å². The number of fused-ring (bicyclic) bond motifs is 3. The fourth-order valence-electron chi connectivity index (χ4n) is 4.59. The Labute approximate surface area is 259 Å². The molecule has 230 valence electrons. The van der Waals surface area contributed by atoms with E-state index in [-0.39, 0.29) is 0 Å². The molecule has 0 aliphatic carbocycles. The molecule has 5 aromatic rings. The van der Waals surface area contributed by atoms with Crippen LogP contribution < -0.4 is 15.4 Å². The summed E-state index contributed by atoms with van der Waals surface area (Å²) in [5.41, 5.74) is 3.04. The molecular weight excluding hydrogens is 617 g/mol. The van der Waals surface area contributed by atoms with Gasteiger partial charge in [-0.3, -0.25) is 4.98 Å². The minimum atomic E-state index is -5.08. The molecule has 0 amide bonds. The molecule has 14 heteroatoms. The maximum absolute atomic E-state index is 10.6. The van der Waals surface area contributed by atoms with Gasteiger partial charge in [-0.1, -0.05) is 29.8 Å². The summed E-state index contributed by atoms with van der Waals surface area (Å²) in [6.07, 6.45) is -0.677. The van der Waals surface area contributed by atoms with Crippen LogP contribution in [0.25, 0.3) is 20.3 Å². The van der Waals surface area contributed by atoms with Crippen LogP contribution in [0.2, 0.25) is 5.02 Å². The molecule has 0 bridgehead atoms. The molecular formula is C30H28ClF3N6O3S. The summed E-state index contributed by atoms with van der Waals surface area (Å²) in [4.78, 5) is 25.8. The van der Waals surface area contributed by atoms with E-state index in [9.17, 15) is 13.2 Å². The number of rotatable bonds is 8. The minimum absolute atomic E-state index is 0.359. The monoisotopic (exact) mass is 644 g/mol. The molecule has 0 radical (unpaired) electrons. The van der Waals surface area contributed by atoms with Crippen LogP contribution in [0.5, 0.6) is 5.75 Å². The second-order valence-corrected chi connectivity index (χ2v) is 11.3. The third-order valence-corrected chi connectivity index (χ3v) is 8.16. The van der Waals surface area contributed by atoms with Crippen molar-refractivity contribution < 1.29 is 27.8 Å². The van der Waals surface area contributed by atoms with E-state index in [0.29, 0.717) is 17.4 Å². The molecule has 4 heterocycles. The zero-order valence-electron chi connectivity index (χ0n) is 23.3. The number of aromatic nitrogens is 3. The normalized spacial score (nSPS) is 13.8. The topological polar surface area (TPSA) is 113 Å². The number of carboxylic acids is 1. The van der Waals surface area contributed by atoms with Gasteiger partial charge in [-0.2, -0.15) is 13.2 Å². The van der Waals surface area contributed by atoms with E-state index in [1.807, 2.05) is 36.4 Å². The first-order valence-electron chi connectivity index (χ1n) is 13.7. The molecule has 1 fully saturated rings. The van der Waals surface area contributed by atoms with Crippen LogP contribution in [0.15, 0.2) is 67.1 Å². The van der Waals surface area contributed by atoms with Crippen LogP contribution in [0, 0.1) is 0 Å². The average Bonchev–Trinajstić information content (AvgIpc) is 3.39. The van der Waals surface area contributed by atoms with Gasteiger partial charge >= 0.3 is 12.1 Å². The van der Waals surface area contributed by atoms with Gasteiger partial charge in [-0.15, -0.1) is 11.3 Å². The van der Waals surface area contributed by atoms with E-state index in [1.165, 1.54) is 10.3 Å². The Hall–Kier alpha value is -4.04. The number of benzene rings is 2. The van der Waals surface area contributed by atoms with Crippen molar-refractivity contribution in [2.45, 2.75) is 19.2 Å². The van der Waals surface area contributed by atoms with E-state index in [0.717, 1.165) is 71.9 Å². The van der Waals surface area contributed by atoms with Crippen molar-refractivity contribution in [1.29, 1.82) is 0 Å². The fourth-order valence-corrected chi connectivity index (χ4v) is 5.93. The quantitative estimate of drug-likeness (QED) is 0.179. The standard InChI is InChI=1S/C28H27ClN6OS.C2HF3O2/c29-23-16-20(5-7-24(23)36-17-21-3-1-2-9-31-21)34-27-26-22-6-4-19(8-12-35-13-10-30-11-14-35)15-25(22)37-28(26)33-18-32-27;3-2(4,5)1(6)7/h1-7,9,15-16,18,30H,8,10-14,17H2,(H,32,33,34);(H,6,7). The van der Waals surface area contributed by atoms with Gasteiger partial charge in [0.05, 0.1) is 16.1 Å². The van der Waals surface area contributed by atoms with E-state index in [1.54, 1.807) is 23.9 Å². The van der Waals surface area contributed by atoms with Gasteiger partial charge in [-0.25, -0.2) is 14.8 Å². The Morgan fingerprint density at radius 2 is 1.89 bits per heavy atom. The first-order valence-corrected chi connectivity index (χ1v) is 14.9. The van der Waals surface area contributed by atoms with Gasteiger partial charge in [0.15, 0.2) is 0 Å². The Morgan fingerprint density at radius 3 is 2.59 bits per heavy atom. The smallest absolute Gasteiger partial charge is 0.486 e. The number of carboxylic acid groups (broad SMARTS) is 1. The van der Waals surface area contributed by atoms with Gasteiger partial charge < -0.3 is 25.4 Å². The van der Waals surface area contributed by atoms with Gasteiger partial charge in [0.2, 0.25) is 0 Å². The number of anilines is 2. The predicted molar refractivity (Wildman–Crippen MR) is 165 cm³/mol. The summed E-state index contributed by atoms with van der Waals surface area (Å²) in [6.45, 7) is 5.85. The molecule has 0 saturated carbocycles. The van der Waals surface area contributed by atoms with Gasteiger partial charge in [0.1, 0.15) is 29.3 Å². The molecule has 0 atom stereocenters. The van der Waals surface area contributed by atoms with Crippen LogP contribution >= 0.6 is 22.9 Å². The number of carbonyl (C=O) groups is 1. The molecule has 44 heavy (non-hydrogen) atoms. The summed E-state index contributed by atoms with van der Waals surface area (Å²) in [5, 5.41) is 16.7. The minimum Gasteiger partial charge on any atom is -0.486 e. The Morgan fingerprint density at radius 1 is 1.09 bits per heavy atom. The predicted octanol–water partition coefficient (Wildman–Crippen LogP) is 6.30. The lowest BCUT2D eigenvalue weighted by molar-refractivity contribution is -0.192. The van der Waals surface area contributed by atoms with Gasteiger partial charge in [-0.05, 0) is 48.4 Å². The van der Waals surface area contributed by atoms with Gasteiger partial charge in [0, 0.05) is 54.7 Å². The number of nitrogens with zero attached hydrogens (tertiary/aromatic N) is 4. The largest absolute Gasteiger partial charge is 0.490 e. The summed E-state index contributed by atoms with van der Waals surface area (Å²) >= 11 is 8.24.